The van der Waals surface area contributed by atoms with Crippen LogP contribution >= 0.6 is 12.4 Å². The van der Waals surface area contributed by atoms with Crippen molar-refractivity contribution in [2.75, 3.05) is 26.7 Å². The highest BCUT2D eigenvalue weighted by Gasteiger charge is 2.49. The molecule has 1 unspecified atom stereocenters. The van der Waals surface area contributed by atoms with Gasteiger partial charge in [-0.3, -0.25) is 4.79 Å². The van der Waals surface area contributed by atoms with E-state index in [4.69, 9.17) is 9.84 Å². The summed E-state index contributed by atoms with van der Waals surface area (Å²) in [6, 6.07) is 0. The third-order valence-electron chi connectivity index (χ3n) is 3.56. The van der Waals surface area contributed by atoms with Crippen LogP contribution in [0.15, 0.2) is 0 Å². The van der Waals surface area contributed by atoms with Crippen LogP contribution in [0.2, 0.25) is 0 Å². The van der Waals surface area contributed by atoms with Crippen molar-refractivity contribution in [3.8, 4) is 0 Å². The third kappa shape index (κ3) is 2.27. The molecule has 2 heterocycles. The van der Waals surface area contributed by atoms with Gasteiger partial charge in [-0.05, 0) is 26.3 Å². The highest BCUT2D eigenvalue weighted by atomic mass is 35.5. The van der Waals surface area contributed by atoms with Crippen molar-refractivity contribution < 1.29 is 14.6 Å². The number of likely N-dealkylation sites (tertiary alicyclic amines) is 1. The fourth-order valence-electron chi connectivity index (χ4n) is 2.58. The van der Waals surface area contributed by atoms with Gasteiger partial charge in [0.2, 0.25) is 0 Å². The topological polar surface area (TPSA) is 49.8 Å². The Labute approximate surface area is 96.0 Å². The standard InChI is InChI=1S/C10H17NO3.ClH/c1-11-5-3-10(4-6-11)8(9(12)13)2-7-14-10;/h8H,2-7H2,1H3,(H,12,13);1H. The minimum atomic E-state index is -0.688. The molecule has 2 aliphatic rings. The Morgan fingerprint density at radius 3 is 2.60 bits per heavy atom. The molecule has 0 aromatic rings. The van der Waals surface area contributed by atoms with E-state index in [-0.39, 0.29) is 23.9 Å². The molecular weight excluding hydrogens is 218 g/mol. The van der Waals surface area contributed by atoms with E-state index in [9.17, 15) is 4.79 Å². The van der Waals surface area contributed by atoms with Crippen LogP contribution in [0.4, 0.5) is 0 Å². The molecule has 0 aromatic carbocycles. The number of carboxylic acid groups (broad SMARTS) is 1. The van der Waals surface area contributed by atoms with E-state index in [1.165, 1.54) is 0 Å². The molecule has 2 aliphatic heterocycles. The molecule has 0 radical (unpaired) electrons. The van der Waals surface area contributed by atoms with Gasteiger partial charge in [0.15, 0.2) is 0 Å². The second-order valence-electron chi connectivity index (χ2n) is 4.40. The quantitative estimate of drug-likeness (QED) is 0.737. The fraction of sp³-hybridized carbons (Fsp3) is 0.900. The van der Waals surface area contributed by atoms with Crippen LogP contribution in [-0.2, 0) is 9.53 Å². The van der Waals surface area contributed by atoms with E-state index in [1.807, 2.05) is 0 Å². The van der Waals surface area contributed by atoms with E-state index >= 15 is 0 Å². The molecular formula is C10H18ClNO3. The molecule has 1 atom stereocenters. The van der Waals surface area contributed by atoms with Gasteiger partial charge in [0, 0.05) is 19.7 Å². The summed E-state index contributed by atoms with van der Waals surface area (Å²) < 4.78 is 5.70. The smallest absolute Gasteiger partial charge is 0.309 e. The lowest BCUT2D eigenvalue weighted by molar-refractivity contribution is -0.151. The van der Waals surface area contributed by atoms with Gasteiger partial charge in [0.05, 0.1) is 11.5 Å². The first kappa shape index (κ1) is 12.7. The first-order valence-electron chi connectivity index (χ1n) is 5.19. The molecule has 0 aromatic heterocycles. The van der Waals surface area contributed by atoms with Crippen LogP contribution < -0.4 is 0 Å². The third-order valence-corrected chi connectivity index (χ3v) is 3.56. The van der Waals surface area contributed by atoms with Gasteiger partial charge < -0.3 is 14.7 Å². The van der Waals surface area contributed by atoms with Crippen molar-refractivity contribution in [3.63, 3.8) is 0 Å². The number of aliphatic carboxylic acids is 1. The molecule has 88 valence electrons. The monoisotopic (exact) mass is 235 g/mol. The Morgan fingerprint density at radius 2 is 2.07 bits per heavy atom. The number of piperidine rings is 1. The Balaban J connectivity index is 0.00000112. The molecule has 0 amide bonds. The summed E-state index contributed by atoms with van der Waals surface area (Å²) >= 11 is 0. The first-order valence-corrected chi connectivity index (χ1v) is 5.19. The minimum Gasteiger partial charge on any atom is -0.481 e. The van der Waals surface area contributed by atoms with Crippen LogP contribution in [-0.4, -0.2) is 48.3 Å². The second-order valence-corrected chi connectivity index (χ2v) is 4.40. The SMILES string of the molecule is CN1CCC2(CC1)OCCC2C(=O)O.Cl. The van der Waals surface area contributed by atoms with Crippen molar-refractivity contribution in [2.45, 2.75) is 24.9 Å². The number of nitrogens with zero attached hydrogens (tertiary/aromatic N) is 1. The molecule has 2 fully saturated rings. The van der Waals surface area contributed by atoms with E-state index in [2.05, 4.69) is 11.9 Å². The largest absolute Gasteiger partial charge is 0.481 e. The summed E-state index contributed by atoms with van der Waals surface area (Å²) in [5, 5.41) is 9.10. The lowest BCUT2D eigenvalue weighted by atomic mass is 9.80. The number of rotatable bonds is 1. The summed E-state index contributed by atoms with van der Waals surface area (Å²) in [5.41, 5.74) is -0.349. The van der Waals surface area contributed by atoms with Crippen LogP contribution in [0.3, 0.4) is 0 Å². The maximum absolute atomic E-state index is 11.1. The number of hydrogen-bond acceptors (Lipinski definition) is 3. The summed E-state index contributed by atoms with van der Waals surface area (Å²) in [4.78, 5) is 13.3. The Morgan fingerprint density at radius 1 is 1.47 bits per heavy atom. The van der Waals surface area contributed by atoms with Gasteiger partial charge in [0.1, 0.15) is 0 Å². The van der Waals surface area contributed by atoms with Crippen molar-refractivity contribution in [1.29, 1.82) is 0 Å². The van der Waals surface area contributed by atoms with Crippen molar-refractivity contribution in [2.24, 2.45) is 5.92 Å². The summed E-state index contributed by atoms with van der Waals surface area (Å²) in [7, 11) is 2.07. The molecule has 0 bridgehead atoms. The number of hydrogen-bond donors (Lipinski definition) is 1. The number of carboxylic acids is 1. The van der Waals surface area contributed by atoms with Crippen LogP contribution in [0.1, 0.15) is 19.3 Å². The van der Waals surface area contributed by atoms with E-state index < -0.39 is 5.97 Å². The fourth-order valence-corrected chi connectivity index (χ4v) is 2.58. The number of carbonyl (C=O) groups is 1. The number of ether oxygens (including phenoxy) is 1. The summed E-state index contributed by atoms with van der Waals surface area (Å²) in [5.74, 6) is -0.969. The van der Waals surface area contributed by atoms with Crippen molar-refractivity contribution >= 4 is 18.4 Å². The Kier molecular flexibility index (Phi) is 3.98. The van der Waals surface area contributed by atoms with Crippen LogP contribution in [0.5, 0.6) is 0 Å². The predicted octanol–water partition coefficient (Wildman–Crippen LogP) is 0.994. The summed E-state index contributed by atoms with van der Waals surface area (Å²) in [6.07, 6.45) is 2.40. The average Bonchev–Trinajstić information content (AvgIpc) is 2.55. The predicted molar refractivity (Wildman–Crippen MR) is 58.4 cm³/mol. The molecule has 0 aliphatic carbocycles. The highest BCUT2D eigenvalue weighted by molar-refractivity contribution is 5.85. The normalized spacial score (nSPS) is 30.1. The van der Waals surface area contributed by atoms with Gasteiger partial charge in [-0.25, -0.2) is 0 Å². The maximum Gasteiger partial charge on any atom is 0.309 e. The van der Waals surface area contributed by atoms with E-state index in [0.29, 0.717) is 13.0 Å². The van der Waals surface area contributed by atoms with Gasteiger partial charge in [-0.2, -0.15) is 0 Å². The lowest BCUT2D eigenvalue weighted by Crippen LogP contribution is -2.48. The molecule has 0 saturated carbocycles. The zero-order valence-electron chi connectivity index (χ0n) is 8.94. The number of halogens is 1. The average molecular weight is 236 g/mol. The van der Waals surface area contributed by atoms with Crippen molar-refractivity contribution in [3.05, 3.63) is 0 Å². The summed E-state index contributed by atoms with van der Waals surface area (Å²) in [6.45, 7) is 2.51. The van der Waals surface area contributed by atoms with Gasteiger partial charge in [-0.15, -0.1) is 12.4 Å². The van der Waals surface area contributed by atoms with Crippen LogP contribution in [0.25, 0.3) is 0 Å². The molecule has 2 rings (SSSR count). The highest BCUT2D eigenvalue weighted by Crippen LogP contribution is 2.40. The van der Waals surface area contributed by atoms with Gasteiger partial charge >= 0.3 is 5.97 Å². The van der Waals surface area contributed by atoms with E-state index in [0.717, 1.165) is 25.9 Å². The molecule has 5 heteroatoms. The maximum atomic E-state index is 11.1. The van der Waals surface area contributed by atoms with Gasteiger partial charge in [-0.1, -0.05) is 0 Å². The zero-order chi connectivity index (χ0) is 10.2. The van der Waals surface area contributed by atoms with Gasteiger partial charge in [0.25, 0.3) is 0 Å². The Hall–Kier alpha value is -0.320. The molecule has 15 heavy (non-hydrogen) atoms. The molecule has 1 spiro atoms. The second kappa shape index (κ2) is 4.68. The molecule has 2 saturated heterocycles. The van der Waals surface area contributed by atoms with Crippen LogP contribution in [0, 0.1) is 5.92 Å². The molecule has 1 N–H and O–H groups in total. The lowest BCUT2D eigenvalue weighted by Gasteiger charge is -2.39. The molecule has 4 nitrogen and oxygen atoms in total. The van der Waals surface area contributed by atoms with E-state index in [1.54, 1.807) is 0 Å². The first-order chi connectivity index (χ1) is 6.64. The Bertz CT molecular complexity index is 239. The minimum absolute atomic E-state index is 0. The zero-order valence-corrected chi connectivity index (χ0v) is 9.76. The van der Waals surface area contributed by atoms with Crippen molar-refractivity contribution in [1.82, 2.24) is 4.90 Å².